The van der Waals surface area contributed by atoms with Crippen LogP contribution in [0.25, 0.3) is 0 Å². The lowest BCUT2D eigenvalue weighted by Crippen LogP contribution is -2.60. The lowest BCUT2D eigenvalue weighted by molar-refractivity contribution is 0.318. The van der Waals surface area contributed by atoms with Gasteiger partial charge in [-0.3, -0.25) is 0 Å². The largest absolute Gasteiger partial charge is 0.0871 e. The molecule has 0 bridgehead atoms. The second-order valence-electron chi connectivity index (χ2n) is 6.62. The van der Waals surface area contributed by atoms with Crippen molar-refractivity contribution in [3.63, 3.8) is 0 Å². The third-order valence-corrected chi connectivity index (χ3v) is 8.05. The summed E-state index contributed by atoms with van der Waals surface area (Å²) in [5.41, 5.74) is 9.36. The summed E-state index contributed by atoms with van der Waals surface area (Å²) in [4.78, 5) is 0. The first kappa shape index (κ1) is 11.9. The van der Waals surface area contributed by atoms with Crippen LogP contribution in [0, 0.1) is 0 Å². The van der Waals surface area contributed by atoms with Gasteiger partial charge in [0.2, 0.25) is 0 Å². The molecule has 3 unspecified atom stereocenters. The molecule has 0 heterocycles. The van der Waals surface area contributed by atoms with E-state index in [4.69, 9.17) is 0 Å². The minimum atomic E-state index is 0.108. The van der Waals surface area contributed by atoms with Crippen molar-refractivity contribution in [2.24, 2.45) is 0 Å². The molecule has 0 saturated heterocycles. The molecule has 1 spiro atoms. The average molecular weight is 392 g/mol. The van der Waals surface area contributed by atoms with Crippen LogP contribution in [0.15, 0.2) is 72.8 Å². The highest BCUT2D eigenvalue weighted by molar-refractivity contribution is 14.1. The zero-order chi connectivity index (χ0) is 14.5. The third kappa shape index (κ3) is 0.905. The van der Waals surface area contributed by atoms with Gasteiger partial charge in [-0.2, -0.15) is 0 Å². The number of fused-ring (bicyclic) bond motifs is 7. The number of halogens is 1. The SMILES string of the molecule is IC12c3ccccc3C3c4ccccc4C31c1ccccc12. The Morgan fingerprint density at radius 3 is 1.82 bits per heavy atom. The van der Waals surface area contributed by atoms with Crippen molar-refractivity contribution in [2.75, 3.05) is 0 Å². The first-order chi connectivity index (χ1) is 10.8. The Kier molecular flexibility index (Phi) is 1.88. The molecular weight excluding hydrogens is 379 g/mol. The summed E-state index contributed by atoms with van der Waals surface area (Å²) < 4.78 is 0.108. The molecule has 0 amide bonds. The molecule has 3 aromatic rings. The van der Waals surface area contributed by atoms with Gasteiger partial charge in [-0.1, -0.05) is 95.4 Å². The standard InChI is InChI=1S/C21H13I/c22-21-16-10-4-2-8-14(16)19-13-7-1-3-9-15(13)20(19,21)17-11-5-6-12-18(17)21/h1-12,19H. The maximum Gasteiger partial charge on any atom is 0.0871 e. The summed E-state index contributed by atoms with van der Waals surface area (Å²) in [7, 11) is 0. The Morgan fingerprint density at radius 2 is 1.09 bits per heavy atom. The van der Waals surface area contributed by atoms with Gasteiger partial charge in [0.25, 0.3) is 0 Å². The van der Waals surface area contributed by atoms with Crippen molar-refractivity contribution in [3.05, 3.63) is 106 Å². The highest BCUT2D eigenvalue weighted by atomic mass is 127. The quantitative estimate of drug-likeness (QED) is 0.368. The summed E-state index contributed by atoms with van der Waals surface area (Å²) in [5, 5.41) is 0. The molecule has 0 radical (unpaired) electrons. The average Bonchev–Trinajstić information content (AvgIpc) is 2.72. The molecule has 0 saturated carbocycles. The summed E-state index contributed by atoms with van der Waals surface area (Å²) in [6.07, 6.45) is 0. The van der Waals surface area contributed by atoms with Crippen LogP contribution in [0.2, 0.25) is 0 Å². The van der Waals surface area contributed by atoms with Gasteiger partial charge in [0.1, 0.15) is 0 Å². The second kappa shape index (κ2) is 3.48. The van der Waals surface area contributed by atoms with Gasteiger partial charge in [-0.25, -0.2) is 0 Å². The zero-order valence-electron chi connectivity index (χ0n) is 11.9. The van der Waals surface area contributed by atoms with Gasteiger partial charge in [-0.05, 0) is 33.4 Å². The van der Waals surface area contributed by atoms with E-state index in [1.165, 1.54) is 22.3 Å². The fraction of sp³-hybridized carbons (Fsp3) is 0.143. The van der Waals surface area contributed by atoms with Crippen LogP contribution >= 0.6 is 22.6 Å². The first-order valence-corrected chi connectivity index (χ1v) is 8.87. The molecule has 0 fully saturated rings. The zero-order valence-corrected chi connectivity index (χ0v) is 14.0. The first-order valence-electron chi connectivity index (χ1n) is 7.79. The monoisotopic (exact) mass is 392 g/mol. The van der Waals surface area contributed by atoms with Gasteiger partial charge in [0.05, 0.1) is 8.84 Å². The molecular formula is C21H13I. The predicted octanol–water partition coefficient (Wildman–Crippen LogP) is 5.12. The Bertz CT molecular complexity index is 967. The Hall–Kier alpha value is -1.61. The molecule has 0 aromatic heterocycles. The van der Waals surface area contributed by atoms with E-state index in [-0.39, 0.29) is 8.84 Å². The van der Waals surface area contributed by atoms with E-state index >= 15 is 0 Å². The Morgan fingerprint density at radius 1 is 0.591 bits per heavy atom. The molecule has 0 aliphatic heterocycles. The molecule has 3 aromatic carbocycles. The summed E-state index contributed by atoms with van der Waals surface area (Å²) in [5.74, 6) is 0.534. The lowest BCUT2D eigenvalue weighted by Gasteiger charge is -2.62. The van der Waals surface area contributed by atoms with Crippen molar-refractivity contribution in [3.8, 4) is 0 Å². The van der Waals surface area contributed by atoms with Crippen molar-refractivity contribution in [1.29, 1.82) is 0 Å². The molecule has 22 heavy (non-hydrogen) atoms. The fourth-order valence-electron chi connectivity index (χ4n) is 5.39. The normalized spacial score (nSPS) is 31.8. The fourth-order valence-corrected chi connectivity index (χ4v) is 7.24. The minimum Gasteiger partial charge on any atom is -0.0670 e. The molecule has 3 aliphatic rings. The highest BCUT2D eigenvalue weighted by Gasteiger charge is 2.76. The van der Waals surface area contributed by atoms with E-state index in [0.717, 1.165) is 0 Å². The molecule has 3 aliphatic carbocycles. The number of benzene rings is 3. The third-order valence-electron chi connectivity index (χ3n) is 6.04. The van der Waals surface area contributed by atoms with Crippen LogP contribution in [0.5, 0.6) is 0 Å². The van der Waals surface area contributed by atoms with Crippen LogP contribution in [0.3, 0.4) is 0 Å². The van der Waals surface area contributed by atoms with E-state index in [0.29, 0.717) is 5.92 Å². The van der Waals surface area contributed by atoms with E-state index in [1.807, 2.05) is 0 Å². The molecule has 0 nitrogen and oxygen atoms in total. The number of alkyl halides is 1. The number of rotatable bonds is 0. The molecule has 3 atom stereocenters. The Labute approximate surface area is 143 Å². The predicted molar refractivity (Wildman–Crippen MR) is 96.7 cm³/mol. The molecule has 104 valence electrons. The van der Waals surface area contributed by atoms with Gasteiger partial charge in [0, 0.05) is 5.92 Å². The van der Waals surface area contributed by atoms with Crippen molar-refractivity contribution >= 4 is 22.6 Å². The summed E-state index contributed by atoms with van der Waals surface area (Å²) in [6, 6.07) is 27.2. The molecule has 0 N–H and O–H groups in total. The molecule has 1 heteroatoms. The van der Waals surface area contributed by atoms with Crippen LogP contribution in [0.1, 0.15) is 39.3 Å². The van der Waals surface area contributed by atoms with Crippen LogP contribution < -0.4 is 0 Å². The van der Waals surface area contributed by atoms with E-state index < -0.39 is 0 Å². The smallest absolute Gasteiger partial charge is 0.0670 e. The Balaban J connectivity index is 1.82. The second-order valence-corrected chi connectivity index (χ2v) is 8.24. The van der Waals surface area contributed by atoms with Gasteiger partial charge >= 0.3 is 0 Å². The van der Waals surface area contributed by atoms with Crippen LogP contribution in [-0.2, 0) is 8.84 Å². The van der Waals surface area contributed by atoms with Crippen LogP contribution in [-0.4, -0.2) is 0 Å². The maximum atomic E-state index is 2.74. The van der Waals surface area contributed by atoms with E-state index in [1.54, 1.807) is 11.1 Å². The van der Waals surface area contributed by atoms with Gasteiger partial charge in [-0.15, -0.1) is 0 Å². The van der Waals surface area contributed by atoms with Gasteiger partial charge < -0.3 is 0 Å². The summed E-state index contributed by atoms with van der Waals surface area (Å²) in [6.45, 7) is 0. The summed E-state index contributed by atoms with van der Waals surface area (Å²) >= 11 is 2.74. The van der Waals surface area contributed by atoms with Gasteiger partial charge in [0.15, 0.2) is 0 Å². The van der Waals surface area contributed by atoms with Crippen molar-refractivity contribution < 1.29 is 0 Å². The van der Waals surface area contributed by atoms with E-state index in [2.05, 4.69) is 95.4 Å². The van der Waals surface area contributed by atoms with Crippen molar-refractivity contribution in [2.45, 2.75) is 14.8 Å². The lowest BCUT2D eigenvalue weighted by atomic mass is 9.43. The van der Waals surface area contributed by atoms with E-state index in [9.17, 15) is 0 Å². The number of hydrogen-bond acceptors (Lipinski definition) is 0. The maximum absolute atomic E-state index is 2.74. The van der Waals surface area contributed by atoms with Crippen LogP contribution in [0.4, 0.5) is 0 Å². The molecule has 6 rings (SSSR count). The minimum absolute atomic E-state index is 0.108. The topological polar surface area (TPSA) is 0 Å². The van der Waals surface area contributed by atoms with Crippen molar-refractivity contribution in [1.82, 2.24) is 0 Å². The number of hydrogen-bond donors (Lipinski definition) is 0. The highest BCUT2D eigenvalue weighted by Crippen LogP contribution is 2.81.